The zero-order valence-corrected chi connectivity index (χ0v) is 11.0. The van der Waals surface area contributed by atoms with Crippen LogP contribution in [-0.4, -0.2) is 11.5 Å². The molecule has 0 amide bonds. The largest absolute Gasteiger partial charge is 0.389 e. The summed E-state index contributed by atoms with van der Waals surface area (Å²) in [6.07, 6.45) is 3.56. The highest BCUT2D eigenvalue weighted by Crippen LogP contribution is 2.21. The molecule has 16 heavy (non-hydrogen) atoms. The number of rotatable bonds is 6. The van der Waals surface area contributed by atoms with E-state index in [4.69, 9.17) is 29.6 Å². The van der Waals surface area contributed by atoms with E-state index in [0.29, 0.717) is 10.0 Å². The average molecular weight is 257 g/mol. The van der Waals surface area contributed by atoms with Gasteiger partial charge in [0, 0.05) is 22.8 Å². The lowest BCUT2D eigenvalue weighted by molar-refractivity contribution is 0.744. The molecular weight excluding hydrogens is 240 g/mol. The summed E-state index contributed by atoms with van der Waals surface area (Å²) in [5.74, 6) is 0. The minimum atomic E-state index is 0.398. The summed E-state index contributed by atoms with van der Waals surface area (Å²) in [6.45, 7) is 3.10. The van der Waals surface area contributed by atoms with Gasteiger partial charge in [-0.15, -0.1) is 0 Å². The summed E-state index contributed by atoms with van der Waals surface area (Å²) in [5, 5.41) is 4.01. The number of anilines is 1. The molecule has 0 fully saturated rings. The fraction of sp³-hybridized carbons (Fsp3) is 0.417. The van der Waals surface area contributed by atoms with Crippen LogP contribution in [0.25, 0.3) is 0 Å². The lowest BCUT2D eigenvalue weighted by Gasteiger charge is -2.11. The highest BCUT2D eigenvalue weighted by molar-refractivity contribution is 7.80. The number of unbranched alkanes of at least 4 members (excludes halogenated alkanes) is 2. The highest BCUT2D eigenvalue weighted by atomic mass is 35.5. The number of nitrogens with one attached hydrogen (secondary N) is 1. The molecule has 1 aromatic rings. The van der Waals surface area contributed by atoms with Gasteiger partial charge in [0.25, 0.3) is 0 Å². The molecule has 0 spiro atoms. The van der Waals surface area contributed by atoms with Crippen molar-refractivity contribution in [2.24, 2.45) is 5.73 Å². The van der Waals surface area contributed by atoms with Crippen LogP contribution in [0.3, 0.4) is 0 Å². The highest BCUT2D eigenvalue weighted by Gasteiger charge is 2.05. The van der Waals surface area contributed by atoms with Gasteiger partial charge in [-0.2, -0.15) is 0 Å². The second-order valence-corrected chi connectivity index (χ2v) is 4.56. The van der Waals surface area contributed by atoms with Crippen LogP contribution in [0, 0.1) is 0 Å². The Morgan fingerprint density at radius 2 is 2.19 bits per heavy atom. The van der Waals surface area contributed by atoms with Gasteiger partial charge < -0.3 is 11.1 Å². The van der Waals surface area contributed by atoms with Gasteiger partial charge in [-0.05, 0) is 24.6 Å². The van der Waals surface area contributed by atoms with Crippen LogP contribution < -0.4 is 11.1 Å². The number of halogens is 1. The van der Waals surface area contributed by atoms with E-state index in [1.165, 1.54) is 12.8 Å². The Morgan fingerprint density at radius 1 is 1.44 bits per heavy atom. The number of thiocarbonyl (C=S) groups is 1. The predicted octanol–water partition coefficient (Wildman–Crippen LogP) is 3.58. The van der Waals surface area contributed by atoms with E-state index in [1.54, 1.807) is 6.07 Å². The molecule has 2 nitrogen and oxygen atoms in total. The van der Waals surface area contributed by atoms with Crippen molar-refractivity contribution in [3.05, 3.63) is 28.8 Å². The van der Waals surface area contributed by atoms with Crippen molar-refractivity contribution in [3.63, 3.8) is 0 Å². The average Bonchev–Trinajstić information content (AvgIpc) is 2.24. The standard InChI is InChI=1S/C12H17ClN2S/c1-2-3-4-7-15-11-8-9(13)5-6-10(11)12(14)16/h5-6,8,15H,2-4,7H2,1H3,(H2,14,16). The molecule has 4 heteroatoms. The number of nitrogens with two attached hydrogens (primary N) is 1. The van der Waals surface area contributed by atoms with Crippen LogP contribution in [0.2, 0.25) is 5.02 Å². The Morgan fingerprint density at radius 3 is 2.81 bits per heavy atom. The van der Waals surface area contributed by atoms with Gasteiger partial charge in [-0.3, -0.25) is 0 Å². The van der Waals surface area contributed by atoms with Crippen LogP contribution in [0.1, 0.15) is 31.7 Å². The Hall–Kier alpha value is -0.800. The molecule has 0 unspecified atom stereocenters. The topological polar surface area (TPSA) is 38.0 Å². The molecule has 1 rings (SSSR count). The van der Waals surface area contributed by atoms with Crippen LogP contribution in [0.15, 0.2) is 18.2 Å². The monoisotopic (exact) mass is 256 g/mol. The third kappa shape index (κ3) is 3.99. The first-order valence-corrected chi connectivity index (χ1v) is 6.27. The third-order valence-electron chi connectivity index (χ3n) is 2.34. The smallest absolute Gasteiger partial charge is 0.106 e. The maximum absolute atomic E-state index is 5.94. The molecule has 0 saturated heterocycles. The molecule has 1 aromatic carbocycles. The quantitative estimate of drug-likeness (QED) is 0.604. The van der Waals surface area contributed by atoms with Crippen LogP contribution in [0.5, 0.6) is 0 Å². The maximum Gasteiger partial charge on any atom is 0.106 e. The second kappa shape index (κ2) is 6.71. The van der Waals surface area contributed by atoms with Gasteiger partial charge in [0.15, 0.2) is 0 Å². The molecule has 0 radical (unpaired) electrons. The van der Waals surface area contributed by atoms with Crippen molar-refractivity contribution in [1.82, 2.24) is 0 Å². The van der Waals surface area contributed by atoms with Gasteiger partial charge in [-0.25, -0.2) is 0 Å². The van der Waals surface area contributed by atoms with Gasteiger partial charge in [0.2, 0.25) is 0 Å². The summed E-state index contributed by atoms with van der Waals surface area (Å²) in [4.78, 5) is 0.398. The van der Waals surface area contributed by atoms with Crippen LogP contribution >= 0.6 is 23.8 Å². The lowest BCUT2D eigenvalue weighted by atomic mass is 10.1. The van der Waals surface area contributed by atoms with E-state index in [2.05, 4.69) is 12.2 Å². The molecule has 0 aliphatic carbocycles. The molecule has 0 aliphatic rings. The first kappa shape index (κ1) is 13.3. The summed E-state index contributed by atoms with van der Waals surface area (Å²) in [7, 11) is 0. The van der Waals surface area contributed by atoms with E-state index in [1.807, 2.05) is 12.1 Å². The summed E-state index contributed by atoms with van der Waals surface area (Å²) < 4.78 is 0. The Labute approximate surface area is 107 Å². The van der Waals surface area contributed by atoms with Gasteiger partial charge >= 0.3 is 0 Å². The van der Waals surface area contributed by atoms with E-state index in [9.17, 15) is 0 Å². The van der Waals surface area contributed by atoms with Crippen molar-refractivity contribution in [3.8, 4) is 0 Å². The normalized spacial score (nSPS) is 10.1. The zero-order valence-electron chi connectivity index (χ0n) is 9.42. The van der Waals surface area contributed by atoms with Crippen LogP contribution in [0.4, 0.5) is 5.69 Å². The molecule has 88 valence electrons. The van der Waals surface area contributed by atoms with E-state index in [0.717, 1.165) is 24.2 Å². The minimum Gasteiger partial charge on any atom is -0.389 e. The Bertz CT molecular complexity index is 366. The molecule has 3 N–H and O–H groups in total. The van der Waals surface area contributed by atoms with E-state index in [-0.39, 0.29) is 0 Å². The van der Waals surface area contributed by atoms with Crippen molar-refractivity contribution in [2.75, 3.05) is 11.9 Å². The number of benzene rings is 1. The zero-order chi connectivity index (χ0) is 12.0. The van der Waals surface area contributed by atoms with Gasteiger partial charge in [-0.1, -0.05) is 43.6 Å². The van der Waals surface area contributed by atoms with E-state index >= 15 is 0 Å². The summed E-state index contributed by atoms with van der Waals surface area (Å²) >= 11 is 10.9. The van der Waals surface area contributed by atoms with Crippen molar-refractivity contribution in [2.45, 2.75) is 26.2 Å². The van der Waals surface area contributed by atoms with Crippen molar-refractivity contribution in [1.29, 1.82) is 0 Å². The molecule has 0 atom stereocenters. The van der Waals surface area contributed by atoms with Crippen LogP contribution in [-0.2, 0) is 0 Å². The third-order valence-corrected chi connectivity index (χ3v) is 2.80. The van der Waals surface area contributed by atoms with Gasteiger partial charge in [0.1, 0.15) is 4.99 Å². The van der Waals surface area contributed by atoms with Crippen molar-refractivity contribution >= 4 is 34.5 Å². The summed E-state index contributed by atoms with van der Waals surface area (Å²) in [5.41, 5.74) is 7.43. The molecule has 0 heterocycles. The molecular formula is C12H17ClN2S. The molecule has 0 aliphatic heterocycles. The molecule has 0 bridgehead atoms. The fourth-order valence-electron chi connectivity index (χ4n) is 1.48. The molecule has 0 aromatic heterocycles. The first-order chi connectivity index (χ1) is 7.65. The van der Waals surface area contributed by atoms with Gasteiger partial charge in [0.05, 0.1) is 0 Å². The Balaban J connectivity index is 2.68. The van der Waals surface area contributed by atoms with E-state index < -0.39 is 0 Å². The Kier molecular flexibility index (Phi) is 5.56. The minimum absolute atomic E-state index is 0.398. The predicted molar refractivity (Wildman–Crippen MR) is 75.4 cm³/mol. The lowest BCUT2D eigenvalue weighted by Crippen LogP contribution is -2.13. The maximum atomic E-state index is 5.94. The second-order valence-electron chi connectivity index (χ2n) is 3.69. The molecule has 0 saturated carbocycles. The fourth-order valence-corrected chi connectivity index (χ4v) is 1.83. The summed E-state index contributed by atoms with van der Waals surface area (Å²) in [6, 6.07) is 5.52. The number of hydrogen-bond acceptors (Lipinski definition) is 2. The van der Waals surface area contributed by atoms with Crippen molar-refractivity contribution < 1.29 is 0 Å². The SMILES string of the molecule is CCCCCNc1cc(Cl)ccc1C(N)=S. The first-order valence-electron chi connectivity index (χ1n) is 5.48. The number of hydrogen-bond donors (Lipinski definition) is 2.